The standard InChI is InChI=1S/C17H17FN2O5S/c1-26(23,24)13-4-5-14(18)15(8-13)19-17(22)11-7-16(21)20(9-11)10-12-3-2-6-25-12/h2-6,8,11H,7,9-10H2,1H3,(H,19,22). The third-order valence-corrected chi connectivity index (χ3v) is 5.25. The lowest BCUT2D eigenvalue weighted by molar-refractivity contribution is -0.128. The third kappa shape index (κ3) is 3.93. The zero-order chi connectivity index (χ0) is 18.9. The van der Waals surface area contributed by atoms with Gasteiger partial charge < -0.3 is 14.6 Å². The number of nitrogens with one attached hydrogen (secondary N) is 1. The first-order valence-corrected chi connectivity index (χ1v) is 9.74. The molecule has 1 saturated heterocycles. The number of hydrogen-bond acceptors (Lipinski definition) is 5. The zero-order valence-electron chi connectivity index (χ0n) is 13.9. The van der Waals surface area contributed by atoms with Crippen molar-refractivity contribution in [3.8, 4) is 0 Å². The summed E-state index contributed by atoms with van der Waals surface area (Å²) in [5.41, 5.74) is -0.227. The fraction of sp³-hybridized carbons (Fsp3) is 0.294. The molecule has 1 aromatic carbocycles. The van der Waals surface area contributed by atoms with E-state index in [2.05, 4.69) is 5.32 Å². The van der Waals surface area contributed by atoms with E-state index in [1.54, 1.807) is 12.1 Å². The van der Waals surface area contributed by atoms with Crippen molar-refractivity contribution in [1.82, 2.24) is 4.90 Å². The van der Waals surface area contributed by atoms with E-state index in [1.807, 2.05) is 0 Å². The Balaban J connectivity index is 1.70. The number of hydrogen-bond donors (Lipinski definition) is 1. The first-order valence-electron chi connectivity index (χ1n) is 7.84. The fourth-order valence-corrected chi connectivity index (χ4v) is 3.40. The van der Waals surface area contributed by atoms with Crippen LogP contribution in [-0.4, -0.2) is 37.9 Å². The van der Waals surface area contributed by atoms with E-state index >= 15 is 0 Å². The monoisotopic (exact) mass is 380 g/mol. The summed E-state index contributed by atoms with van der Waals surface area (Å²) in [5, 5.41) is 2.38. The number of carbonyl (C=O) groups is 2. The van der Waals surface area contributed by atoms with Gasteiger partial charge in [-0.15, -0.1) is 0 Å². The first-order chi connectivity index (χ1) is 12.2. The van der Waals surface area contributed by atoms with Gasteiger partial charge in [-0.2, -0.15) is 0 Å². The summed E-state index contributed by atoms with van der Waals surface area (Å²) in [6, 6.07) is 6.61. The first kappa shape index (κ1) is 18.1. The third-order valence-electron chi connectivity index (χ3n) is 4.14. The summed E-state index contributed by atoms with van der Waals surface area (Å²) in [5.74, 6) is -1.54. The second-order valence-corrected chi connectivity index (χ2v) is 8.17. The molecule has 9 heteroatoms. The maximum atomic E-state index is 13.9. The van der Waals surface area contributed by atoms with Gasteiger partial charge in [-0.1, -0.05) is 0 Å². The highest BCUT2D eigenvalue weighted by Crippen LogP contribution is 2.24. The van der Waals surface area contributed by atoms with Crippen LogP contribution in [0.5, 0.6) is 0 Å². The minimum Gasteiger partial charge on any atom is -0.467 e. The Kier molecular flexibility index (Phi) is 4.82. The highest BCUT2D eigenvalue weighted by Gasteiger charge is 2.35. The van der Waals surface area contributed by atoms with E-state index < -0.39 is 27.5 Å². The molecule has 1 fully saturated rings. The van der Waals surface area contributed by atoms with Crippen molar-refractivity contribution in [2.24, 2.45) is 5.92 Å². The van der Waals surface area contributed by atoms with Crippen molar-refractivity contribution in [1.29, 1.82) is 0 Å². The molecule has 1 aliphatic rings. The number of halogens is 1. The number of furan rings is 1. The summed E-state index contributed by atoms with van der Waals surface area (Å²) >= 11 is 0. The van der Waals surface area contributed by atoms with E-state index in [0.717, 1.165) is 24.5 Å². The van der Waals surface area contributed by atoms with Crippen molar-refractivity contribution in [2.45, 2.75) is 17.9 Å². The molecule has 1 unspecified atom stereocenters. The van der Waals surface area contributed by atoms with Crippen LogP contribution in [0, 0.1) is 11.7 Å². The summed E-state index contributed by atoms with van der Waals surface area (Å²) in [6.07, 6.45) is 2.49. The van der Waals surface area contributed by atoms with Crippen LogP contribution in [0.3, 0.4) is 0 Å². The van der Waals surface area contributed by atoms with Crippen LogP contribution in [0.4, 0.5) is 10.1 Å². The van der Waals surface area contributed by atoms with Gasteiger partial charge in [0.05, 0.1) is 29.3 Å². The molecule has 7 nitrogen and oxygen atoms in total. The van der Waals surface area contributed by atoms with Crippen LogP contribution in [0.25, 0.3) is 0 Å². The van der Waals surface area contributed by atoms with Crippen molar-refractivity contribution in [3.63, 3.8) is 0 Å². The predicted molar refractivity (Wildman–Crippen MR) is 90.4 cm³/mol. The average Bonchev–Trinajstić information content (AvgIpc) is 3.19. The fourth-order valence-electron chi connectivity index (χ4n) is 2.76. The van der Waals surface area contributed by atoms with Crippen LogP contribution in [0.15, 0.2) is 45.9 Å². The van der Waals surface area contributed by atoms with Crippen molar-refractivity contribution in [3.05, 3.63) is 48.2 Å². The Bertz CT molecular complexity index is 940. The van der Waals surface area contributed by atoms with Crippen molar-refractivity contribution < 1.29 is 26.8 Å². The maximum Gasteiger partial charge on any atom is 0.229 e. The van der Waals surface area contributed by atoms with Gasteiger partial charge in [-0.25, -0.2) is 12.8 Å². The molecule has 26 heavy (non-hydrogen) atoms. The molecule has 0 saturated carbocycles. The molecule has 0 aliphatic carbocycles. The number of likely N-dealkylation sites (tertiary alicyclic amines) is 1. The molecule has 2 amide bonds. The number of amides is 2. The highest BCUT2D eigenvalue weighted by atomic mass is 32.2. The van der Waals surface area contributed by atoms with Crippen LogP contribution in [-0.2, 0) is 26.0 Å². The minimum atomic E-state index is -3.53. The number of rotatable bonds is 5. The van der Waals surface area contributed by atoms with E-state index in [-0.39, 0.29) is 36.0 Å². The molecule has 0 radical (unpaired) electrons. The lowest BCUT2D eigenvalue weighted by Gasteiger charge is -2.15. The van der Waals surface area contributed by atoms with Crippen LogP contribution < -0.4 is 5.32 Å². The largest absolute Gasteiger partial charge is 0.467 e. The molecule has 2 heterocycles. The van der Waals surface area contributed by atoms with E-state index in [4.69, 9.17) is 4.42 Å². The molecule has 0 bridgehead atoms. The van der Waals surface area contributed by atoms with Crippen molar-refractivity contribution in [2.75, 3.05) is 18.1 Å². The SMILES string of the molecule is CS(=O)(=O)c1ccc(F)c(NC(=O)C2CC(=O)N(Cc3ccco3)C2)c1. The number of carbonyl (C=O) groups excluding carboxylic acids is 2. The van der Waals surface area contributed by atoms with Crippen LogP contribution in [0.2, 0.25) is 0 Å². The second kappa shape index (κ2) is 6.91. The zero-order valence-corrected chi connectivity index (χ0v) is 14.8. The van der Waals surface area contributed by atoms with Gasteiger partial charge in [0.15, 0.2) is 9.84 Å². The summed E-state index contributed by atoms with van der Waals surface area (Å²) in [6.45, 7) is 0.437. The van der Waals surface area contributed by atoms with Crippen LogP contribution in [0.1, 0.15) is 12.2 Å². The Hall–Kier alpha value is -2.68. The minimum absolute atomic E-state index is 0.0000714. The smallest absolute Gasteiger partial charge is 0.229 e. The van der Waals surface area contributed by atoms with Gasteiger partial charge in [0.2, 0.25) is 11.8 Å². The molecular weight excluding hydrogens is 363 g/mol. The molecule has 1 atom stereocenters. The highest BCUT2D eigenvalue weighted by molar-refractivity contribution is 7.90. The Morgan fingerprint density at radius 3 is 2.81 bits per heavy atom. The topological polar surface area (TPSA) is 96.7 Å². The van der Waals surface area contributed by atoms with Gasteiger partial charge in [0.1, 0.15) is 11.6 Å². The Morgan fingerprint density at radius 2 is 2.15 bits per heavy atom. The Morgan fingerprint density at radius 1 is 1.38 bits per heavy atom. The second-order valence-electron chi connectivity index (χ2n) is 6.16. The summed E-state index contributed by atoms with van der Waals surface area (Å²) in [7, 11) is -3.53. The number of sulfone groups is 1. The van der Waals surface area contributed by atoms with Gasteiger partial charge >= 0.3 is 0 Å². The molecular formula is C17H17FN2O5S. The normalized spacial score (nSPS) is 17.5. The summed E-state index contributed by atoms with van der Waals surface area (Å²) in [4.78, 5) is 25.9. The molecule has 1 N–H and O–H groups in total. The van der Waals surface area contributed by atoms with Crippen molar-refractivity contribution >= 4 is 27.3 Å². The van der Waals surface area contributed by atoms with Gasteiger partial charge in [-0.3, -0.25) is 9.59 Å². The molecule has 0 spiro atoms. The quantitative estimate of drug-likeness (QED) is 0.798. The lowest BCUT2D eigenvalue weighted by atomic mass is 10.1. The van der Waals surface area contributed by atoms with Crippen LogP contribution >= 0.6 is 0 Å². The van der Waals surface area contributed by atoms with E-state index in [9.17, 15) is 22.4 Å². The summed E-state index contributed by atoms with van der Waals surface area (Å²) < 4.78 is 42.3. The molecule has 3 rings (SSSR count). The maximum absolute atomic E-state index is 13.9. The lowest BCUT2D eigenvalue weighted by Crippen LogP contribution is -2.28. The molecule has 1 aromatic heterocycles. The van der Waals surface area contributed by atoms with Gasteiger partial charge in [-0.05, 0) is 30.3 Å². The number of nitrogens with zero attached hydrogens (tertiary/aromatic N) is 1. The van der Waals surface area contributed by atoms with Gasteiger partial charge in [0.25, 0.3) is 0 Å². The Labute approximate surface area is 149 Å². The number of benzene rings is 1. The molecule has 138 valence electrons. The predicted octanol–water partition coefficient (Wildman–Crippen LogP) is 1.81. The average molecular weight is 380 g/mol. The molecule has 1 aliphatic heterocycles. The number of anilines is 1. The van der Waals surface area contributed by atoms with Gasteiger partial charge in [0, 0.05) is 19.2 Å². The van der Waals surface area contributed by atoms with E-state index in [1.165, 1.54) is 11.2 Å². The van der Waals surface area contributed by atoms with E-state index in [0.29, 0.717) is 5.76 Å². The molecule has 2 aromatic rings.